The summed E-state index contributed by atoms with van der Waals surface area (Å²) in [4.78, 5) is 35.6. The predicted octanol–water partition coefficient (Wildman–Crippen LogP) is 4.43. The van der Waals surface area contributed by atoms with Crippen molar-refractivity contribution in [1.82, 2.24) is 19.5 Å². The molecule has 12 heteroatoms. The summed E-state index contributed by atoms with van der Waals surface area (Å²) >= 11 is 12.5. The van der Waals surface area contributed by atoms with Crippen LogP contribution in [0.5, 0.6) is 0 Å². The molecule has 0 bridgehead atoms. The number of nitrogens with zero attached hydrogens (tertiary/aromatic N) is 5. The first-order valence-electron chi connectivity index (χ1n) is 10.0. The Hall–Kier alpha value is -4.02. The average Bonchev–Trinajstić information content (AvgIpc) is 2.83. The molecule has 34 heavy (non-hydrogen) atoms. The van der Waals surface area contributed by atoms with Gasteiger partial charge in [-0.2, -0.15) is 0 Å². The van der Waals surface area contributed by atoms with Gasteiger partial charge in [0.15, 0.2) is 0 Å². The van der Waals surface area contributed by atoms with Gasteiger partial charge in [-0.3, -0.25) is 19.5 Å². The Kier molecular flexibility index (Phi) is 7.00. The lowest BCUT2D eigenvalue weighted by molar-refractivity contribution is -0.385. The van der Waals surface area contributed by atoms with E-state index in [-0.39, 0.29) is 11.2 Å². The highest BCUT2D eigenvalue weighted by molar-refractivity contribution is 6.36. The van der Waals surface area contributed by atoms with Gasteiger partial charge < -0.3 is 10.6 Å². The number of hydrogen-bond donors (Lipinski definition) is 2. The normalized spacial score (nSPS) is 10.6. The van der Waals surface area contributed by atoms with Crippen LogP contribution in [0.2, 0.25) is 10.0 Å². The fourth-order valence-electron chi connectivity index (χ4n) is 3.11. The number of anilines is 2. The first-order valence-corrected chi connectivity index (χ1v) is 10.8. The van der Waals surface area contributed by atoms with Crippen LogP contribution in [0.1, 0.15) is 0 Å². The molecule has 0 spiro atoms. The summed E-state index contributed by atoms with van der Waals surface area (Å²) in [6, 6.07) is 12.8. The second-order valence-corrected chi connectivity index (χ2v) is 7.82. The van der Waals surface area contributed by atoms with E-state index in [1.54, 1.807) is 42.7 Å². The highest BCUT2D eigenvalue weighted by atomic mass is 35.5. The van der Waals surface area contributed by atoms with Crippen LogP contribution in [0.3, 0.4) is 0 Å². The fourth-order valence-corrected chi connectivity index (χ4v) is 3.60. The average molecular weight is 498 g/mol. The fraction of sp³-hybridized carbons (Fsp3) is 0.0909. The molecule has 0 atom stereocenters. The zero-order chi connectivity index (χ0) is 24.1. The van der Waals surface area contributed by atoms with Crippen LogP contribution in [0.4, 0.5) is 17.5 Å². The van der Waals surface area contributed by atoms with E-state index in [1.807, 2.05) is 0 Å². The molecule has 0 saturated carbocycles. The van der Waals surface area contributed by atoms with Crippen LogP contribution in [-0.2, 0) is 0 Å². The Morgan fingerprint density at radius 1 is 1.00 bits per heavy atom. The zero-order valence-electron chi connectivity index (χ0n) is 17.5. The molecule has 0 aliphatic rings. The van der Waals surface area contributed by atoms with Crippen LogP contribution < -0.4 is 16.2 Å². The van der Waals surface area contributed by atoms with Crippen LogP contribution in [0.15, 0.2) is 71.9 Å². The van der Waals surface area contributed by atoms with Crippen molar-refractivity contribution in [3.05, 3.63) is 97.6 Å². The third-order valence-electron chi connectivity index (χ3n) is 4.71. The summed E-state index contributed by atoms with van der Waals surface area (Å²) in [6.07, 6.45) is 4.36. The Morgan fingerprint density at radius 2 is 1.82 bits per heavy atom. The summed E-state index contributed by atoms with van der Waals surface area (Å²) in [6.45, 7) is 0.877. The van der Waals surface area contributed by atoms with Gasteiger partial charge in [-0.1, -0.05) is 29.3 Å². The van der Waals surface area contributed by atoms with Crippen LogP contribution in [0, 0.1) is 10.1 Å². The molecule has 0 amide bonds. The minimum atomic E-state index is -0.507. The third kappa shape index (κ3) is 5.30. The molecule has 0 fully saturated rings. The van der Waals surface area contributed by atoms with Gasteiger partial charge in [0, 0.05) is 42.0 Å². The molecule has 3 heterocycles. The van der Waals surface area contributed by atoms with Crippen molar-refractivity contribution in [1.29, 1.82) is 0 Å². The van der Waals surface area contributed by atoms with E-state index < -0.39 is 4.92 Å². The molecule has 2 N–H and O–H groups in total. The van der Waals surface area contributed by atoms with Crippen molar-refractivity contribution in [2.75, 3.05) is 23.7 Å². The predicted molar refractivity (Wildman–Crippen MR) is 131 cm³/mol. The number of pyridine rings is 2. The maximum atomic E-state index is 12.4. The topological polar surface area (TPSA) is 128 Å². The SMILES string of the molecule is O=c1ccccn1-c1cnc(NCCNc2ccc([N+](=O)[O-])cn2)nc1-c1ccc(Cl)cc1Cl. The van der Waals surface area contributed by atoms with Crippen molar-refractivity contribution in [3.8, 4) is 16.9 Å². The number of rotatable bonds is 8. The van der Waals surface area contributed by atoms with E-state index >= 15 is 0 Å². The number of benzene rings is 1. The van der Waals surface area contributed by atoms with E-state index in [1.165, 1.54) is 29.0 Å². The maximum Gasteiger partial charge on any atom is 0.287 e. The molecule has 4 rings (SSSR count). The second-order valence-electron chi connectivity index (χ2n) is 6.97. The summed E-state index contributed by atoms with van der Waals surface area (Å²) in [5.41, 5.74) is 1.20. The van der Waals surface area contributed by atoms with Crippen LogP contribution in [0.25, 0.3) is 16.9 Å². The van der Waals surface area contributed by atoms with E-state index in [2.05, 4.69) is 25.6 Å². The van der Waals surface area contributed by atoms with Crippen molar-refractivity contribution < 1.29 is 4.92 Å². The molecule has 1 aromatic carbocycles. The van der Waals surface area contributed by atoms with E-state index in [0.29, 0.717) is 51.8 Å². The minimum absolute atomic E-state index is 0.0805. The van der Waals surface area contributed by atoms with Gasteiger partial charge in [0.05, 0.1) is 21.8 Å². The first-order chi connectivity index (χ1) is 16.4. The number of nitrogens with one attached hydrogen (secondary N) is 2. The molecule has 0 aliphatic carbocycles. The monoisotopic (exact) mass is 497 g/mol. The number of nitro groups is 1. The molecule has 10 nitrogen and oxygen atoms in total. The zero-order valence-corrected chi connectivity index (χ0v) is 19.0. The van der Waals surface area contributed by atoms with E-state index in [9.17, 15) is 14.9 Å². The highest BCUT2D eigenvalue weighted by Crippen LogP contribution is 2.32. The van der Waals surface area contributed by atoms with Gasteiger partial charge in [-0.15, -0.1) is 0 Å². The molecule has 0 aliphatic heterocycles. The van der Waals surface area contributed by atoms with Crippen molar-refractivity contribution in [3.63, 3.8) is 0 Å². The van der Waals surface area contributed by atoms with Crippen molar-refractivity contribution in [2.45, 2.75) is 0 Å². The quantitative estimate of drug-likeness (QED) is 0.208. The standard InChI is InChI=1S/C22H17Cl2N7O3/c23-14-4-6-16(17(24)11-14)21-18(30-10-2-1-3-20(30)32)13-28-22(29-21)26-9-8-25-19-7-5-15(12-27-19)31(33)34/h1-7,10-13H,8-9H2,(H,25,27)(H,26,28,29). The summed E-state index contributed by atoms with van der Waals surface area (Å²) < 4.78 is 1.44. The molecule has 3 aromatic heterocycles. The molecule has 172 valence electrons. The van der Waals surface area contributed by atoms with Crippen molar-refractivity contribution >= 4 is 40.7 Å². The van der Waals surface area contributed by atoms with Crippen LogP contribution >= 0.6 is 23.2 Å². The third-order valence-corrected chi connectivity index (χ3v) is 5.26. The largest absolute Gasteiger partial charge is 0.368 e. The van der Waals surface area contributed by atoms with Gasteiger partial charge in [0.25, 0.3) is 11.2 Å². The molecule has 0 radical (unpaired) electrons. The van der Waals surface area contributed by atoms with Crippen LogP contribution in [-0.4, -0.2) is 37.5 Å². The lowest BCUT2D eigenvalue weighted by atomic mass is 10.1. The smallest absolute Gasteiger partial charge is 0.287 e. The molecule has 4 aromatic rings. The second kappa shape index (κ2) is 10.3. The summed E-state index contributed by atoms with van der Waals surface area (Å²) in [5, 5.41) is 17.7. The Morgan fingerprint density at radius 3 is 2.53 bits per heavy atom. The highest BCUT2D eigenvalue weighted by Gasteiger charge is 2.15. The van der Waals surface area contributed by atoms with E-state index in [4.69, 9.17) is 23.2 Å². The maximum absolute atomic E-state index is 12.4. The van der Waals surface area contributed by atoms with Gasteiger partial charge in [0.1, 0.15) is 17.7 Å². The number of halogens is 2. The number of hydrogen-bond acceptors (Lipinski definition) is 8. The lowest BCUT2D eigenvalue weighted by Gasteiger charge is -2.14. The first kappa shape index (κ1) is 23.1. The van der Waals surface area contributed by atoms with Gasteiger partial charge in [-0.05, 0) is 30.3 Å². The summed E-state index contributed by atoms with van der Waals surface area (Å²) in [7, 11) is 0. The van der Waals surface area contributed by atoms with Gasteiger partial charge in [0.2, 0.25) is 5.95 Å². The lowest BCUT2D eigenvalue weighted by Crippen LogP contribution is -2.19. The molecular formula is C22H17Cl2N7O3. The Bertz CT molecular complexity index is 1390. The Balaban J connectivity index is 1.55. The van der Waals surface area contributed by atoms with Crippen molar-refractivity contribution in [2.24, 2.45) is 0 Å². The Labute approximate surface area is 203 Å². The van der Waals surface area contributed by atoms with Gasteiger partial charge in [-0.25, -0.2) is 15.0 Å². The molecule has 0 saturated heterocycles. The molecule has 0 unspecified atom stereocenters. The summed E-state index contributed by atoms with van der Waals surface area (Å²) in [5.74, 6) is 0.827. The molecular weight excluding hydrogens is 481 g/mol. The minimum Gasteiger partial charge on any atom is -0.368 e. The number of aromatic nitrogens is 4. The van der Waals surface area contributed by atoms with Gasteiger partial charge >= 0.3 is 0 Å². The van der Waals surface area contributed by atoms with E-state index in [0.717, 1.165) is 0 Å².